The fourth-order valence-corrected chi connectivity index (χ4v) is 3.25. The zero-order chi connectivity index (χ0) is 16.8. The summed E-state index contributed by atoms with van der Waals surface area (Å²) in [6.45, 7) is 2.08. The van der Waals surface area contributed by atoms with Gasteiger partial charge >= 0.3 is 0 Å². The highest BCUT2D eigenvalue weighted by molar-refractivity contribution is 9.11. The SMILES string of the molecule is CC(NC(=O)c1ccc(Br)s1)C(=O)NCCc1cccc(O)c1. The lowest BCUT2D eigenvalue weighted by Crippen LogP contribution is -2.45. The zero-order valence-electron chi connectivity index (χ0n) is 12.5. The Hall–Kier alpha value is -1.86. The van der Waals surface area contributed by atoms with Crippen LogP contribution < -0.4 is 10.6 Å². The Balaban J connectivity index is 1.77. The Morgan fingerprint density at radius 2 is 2.09 bits per heavy atom. The molecule has 0 fully saturated rings. The zero-order valence-corrected chi connectivity index (χ0v) is 14.9. The molecule has 122 valence electrons. The van der Waals surface area contributed by atoms with Crippen molar-refractivity contribution in [2.45, 2.75) is 19.4 Å². The monoisotopic (exact) mass is 396 g/mol. The van der Waals surface area contributed by atoms with Crippen LogP contribution in [0.3, 0.4) is 0 Å². The second-order valence-corrected chi connectivity index (χ2v) is 7.47. The maximum atomic E-state index is 12.0. The molecule has 1 heterocycles. The van der Waals surface area contributed by atoms with Crippen molar-refractivity contribution in [2.24, 2.45) is 0 Å². The number of carbonyl (C=O) groups excluding carboxylic acids is 2. The molecule has 0 saturated carbocycles. The van der Waals surface area contributed by atoms with Gasteiger partial charge in [0, 0.05) is 6.54 Å². The van der Waals surface area contributed by atoms with E-state index in [4.69, 9.17) is 0 Å². The predicted octanol–water partition coefficient (Wildman–Crippen LogP) is 2.69. The average Bonchev–Trinajstić information content (AvgIpc) is 2.94. The minimum absolute atomic E-state index is 0.205. The van der Waals surface area contributed by atoms with Crippen LogP contribution in [0.1, 0.15) is 22.2 Å². The summed E-state index contributed by atoms with van der Waals surface area (Å²) in [7, 11) is 0. The summed E-state index contributed by atoms with van der Waals surface area (Å²) in [6, 6.07) is 9.78. The third-order valence-electron chi connectivity index (χ3n) is 3.16. The van der Waals surface area contributed by atoms with E-state index in [9.17, 15) is 14.7 Å². The lowest BCUT2D eigenvalue weighted by atomic mass is 10.1. The first-order valence-electron chi connectivity index (χ1n) is 7.07. The number of rotatable bonds is 6. The molecule has 2 amide bonds. The van der Waals surface area contributed by atoms with Gasteiger partial charge in [0.1, 0.15) is 11.8 Å². The van der Waals surface area contributed by atoms with Crippen LogP contribution in [-0.4, -0.2) is 29.5 Å². The van der Waals surface area contributed by atoms with Crippen molar-refractivity contribution >= 4 is 39.1 Å². The van der Waals surface area contributed by atoms with Crippen molar-refractivity contribution in [3.8, 4) is 5.75 Å². The van der Waals surface area contributed by atoms with Gasteiger partial charge < -0.3 is 15.7 Å². The van der Waals surface area contributed by atoms with Crippen molar-refractivity contribution in [1.29, 1.82) is 0 Å². The minimum atomic E-state index is -0.618. The van der Waals surface area contributed by atoms with Gasteiger partial charge in [-0.3, -0.25) is 9.59 Å². The summed E-state index contributed by atoms with van der Waals surface area (Å²) in [5.41, 5.74) is 0.936. The summed E-state index contributed by atoms with van der Waals surface area (Å²) in [6.07, 6.45) is 0.610. The number of hydrogen-bond acceptors (Lipinski definition) is 4. The van der Waals surface area contributed by atoms with Crippen LogP contribution >= 0.6 is 27.3 Å². The Labute approximate surface area is 146 Å². The molecule has 1 atom stereocenters. The van der Waals surface area contributed by atoms with Crippen LogP contribution in [0.25, 0.3) is 0 Å². The number of thiophene rings is 1. The summed E-state index contributed by atoms with van der Waals surface area (Å²) < 4.78 is 0.867. The molecule has 0 spiro atoms. The predicted molar refractivity (Wildman–Crippen MR) is 93.8 cm³/mol. The molecule has 3 N–H and O–H groups in total. The molecular weight excluding hydrogens is 380 g/mol. The number of nitrogens with one attached hydrogen (secondary N) is 2. The Morgan fingerprint density at radius 3 is 2.74 bits per heavy atom. The van der Waals surface area contributed by atoms with Gasteiger partial charge in [0.25, 0.3) is 5.91 Å². The molecule has 0 radical (unpaired) electrons. The van der Waals surface area contributed by atoms with Crippen LogP contribution in [0.15, 0.2) is 40.2 Å². The number of carbonyl (C=O) groups is 2. The Morgan fingerprint density at radius 1 is 1.30 bits per heavy atom. The Kier molecular flexibility index (Phi) is 6.18. The van der Waals surface area contributed by atoms with E-state index < -0.39 is 6.04 Å². The lowest BCUT2D eigenvalue weighted by molar-refractivity contribution is -0.122. The van der Waals surface area contributed by atoms with Gasteiger partial charge in [-0.05, 0) is 59.1 Å². The number of phenols is 1. The van der Waals surface area contributed by atoms with Crippen molar-refractivity contribution in [1.82, 2.24) is 10.6 Å². The molecule has 0 bridgehead atoms. The number of amides is 2. The van der Waals surface area contributed by atoms with E-state index in [0.29, 0.717) is 17.8 Å². The second kappa shape index (κ2) is 8.12. The highest BCUT2D eigenvalue weighted by Crippen LogP contribution is 2.21. The van der Waals surface area contributed by atoms with Crippen LogP contribution in [0.5, 0.6) is 5.75 Å². The molecule has 0 aliphatic carbocycles. The van der Waals surface area contributed by atoms with Gasteiger partial charge in [0.2, 0.25) is 5.91 Å². The molecule has 0 saturated heterocycles. The molecule has 23 heavy (non-hydrogen) atoms. The summed E-state index contributed by atoms with van der Waals surface area (Å²) in [5.74, 6) is -0.304. The van der Waals surface area contributed by atoms with Gasteiger partial charge in [-0.2, -0.15) is 0 Å². The van der Waals surface area contributed by atoms with Gasteiger partial charge in [-0.1, -0.05) is 12.1 Å². The fraction of sp³-hybridized carbons (Fsp3) is 0.250. The third-order valence-corrected chi connectivity index (χ3v) is 4.78. The topological polar surface area (TPSA) is 78.4 Å². The van der Waals surface area contributed by atoms with Crippen LogP contribution in [0.2, 0.25) is 0 Å². The molecular formula is C16H17BrN2O3S. The second-order valence-electron chi connectivity index (χ2n) is 5.01. The first-order valence-corrected chi connectivity index (χ1v) is 8.68. The first-order chi connectivity index (χ1) is 11.0. The maximum Gasteiger partial charge on any atom is 0.262 e. The van der Waals surface area contributed by atoms with E-state index in [1.807, 2.05) is 6.07 Å². The molecule has 2 rings (SSSR count). The van der Waals surface area contributed by atoms with Crippen LogP contribution in [0.4, 0.5) is 0 Å². The smallest absolute Gasteiger partial charge is 0.262 e. The summed E-state index contributed by atoms with van der Waals surface area (Å²) in [4.78, 5) is 24.5. The van der Waals surface area contributed by atoms with Gasteiger partial charge in [0.05, 0.1) is 8.66 Å². The maximum absolute atomic E-state index is 12.0. The number of hydrogen-bond donors (Lipinski definition) is 3. The van der Waals surface area contributed by atoms with Crippen molar-refractivity contribution in [3.63, 3.8) is 0 Å². The molecule has 7 heteroatoms. The number of phenolic OH excluding ortho intramolecular Hbond substituents is 1. The molecule has 1 unspecified atom stereocenters. The van der Waals surface area contributed by atoms with Gasteiger partial charge in [0.15, 0.2) is 0 Å². The van der Waals surface area contributed by atoms with E-state index in [1.165, 1.54) is 11.3 Å². The molecule has 5 nitrogen and oxygen atoms in total. The first kappa shape index (κ1) is 17.5. The highest BCUT2D eigenvalue weighted by atomic mass is 79.9. The average molecular weight is 397 g/mol. The number of benzene rings is 1. The number of aromatic hydroxyl groups is 1. The van der Waals surface area contributed by atoms with Gasteiger partial charge in [-0.15, -0.1) is 11.3 Å². The third kappa shape index (κ3) is 5.37. The highest BCUT2D eigenvalue weighted by Gasteiger charge is 2.17. The molecule has 0 aliphatic rings. The fourth-order valence-electron chi connectivity index (χ4n) is 1.96. The van der Waals surface area contributed by atoms with E-state index in [2.05, 4.69) is 26.6 Å². The van der Waals surface area contributed by atoms with Crippen LogP contribution in [-0.2, 0) is 11.2 Å². The lowest BCUT2D eigenvalue weighted by Gasteiger charge is -2.13. The largest absolute Gasteiger partial charge is 0.508 e. The van der Waals surface area contributed by atoms with E-state index >= 15 is 0 Å². The van der Waals surface area contributed by atoms with E-state index in [1.54, 1.807) is 37.3 Å². The Bertz CT molecular complexity index is 702. The summed E-state index contributed by atoms with van der Waals surface area (Å²) in [5, 5.41) is 14.8. The number of halogens is 1. The molecule has 1 aromatic carbocycles. The van der Waals surface area contributed by atoms with Crippen molar-refractivity contribution in [3.05, 3.63) is 50.6 Å². The normalized spacial score (nSPS) is 11.7. The minimum Gasteiger partial charge on any atom is -0.508 e. The van der Waals surface area contributed by atoms with Crippen LogP contribution in [0, 0.1) is 0 Å². The van der Waals surface area contributed by atoms with Gasteiger partial charge in [-0.25, -0.2) is 0 Å². The van der Waals surface area contributed by atoms with Crippen molar-refractivity contribution < 1.29 is 14.7 Å². The molecule has 1 aromatic heterocycles. The molecule has 0 aliphatic heterocycles. The van der Waals surface area contributed by atoms with E-state index in [0.717, 1.165) is 9.35 Å². The standard InChI is InChI=1S/C16H17BrN2O3S/c1-10(19-16(22)13-5-6-14(17)23-13)15(21)18-8-7-11-3-2-4-12(20)9-11/h2-6,9-10,20H,7-8H2,1H3,(H,18,21)(H,19,22). The van der Waals surface area contributed by atoms with E-state index in [-0.39, 0.29) is 17.6 Å². The molecule has 2 aromatic rings. The van der Waals surface area contributed by atoms with Crippen molar-refractivity contribution in [2.75, 3.05) is 6.54 Å². The quantitative estimate of drug-likeness (QED) is 0.702. The summed E-state index contributed by atoms with van der Waals surface area (Å²) >= 11 is 4.61.